The van der Waals surface area contributed by atoms with Crippen LogP contribution in [-0.2, 0) is 4.79 Å². The van der Waals surface area contributed by atoms with Gasteiger partial charge in [0.15, 0.2) is 0 Å². The monoisotopic (exact) mass is 1010 g/mol. The highest BCUT2D eigenvalue weighted by Crippen LogP contribution is 2.19. The molecule has 72 heavy (non-hydrogen) atoms. The van der Waals surface area contributed by atoms with E-state index in [0.29, 0.717) is 6.42 Å². The van der Waals surface area contributed by atoms with Crippen molar-refractivity contribution < 1.29 is 15.0 Å². The largest absolute Gasteiger partial charge is 0.394 e. The summed E-state index contributed by atoms with van der Waals surface area (Å²) in [7, 11) is 0. The number of hydrogen-bond donors (Lipinski definition) is 3. The van der Waals surface area contributed by atoms with Crippen LogP contribution in [0, 0.1) is 0 Å². The Morgan fingerprint density at radius 3 is 0.722 bits per heavy atom. The van der Waals surface area contributed by atoms with Crippen LogP contribution in [0.3, 0.4) is 0 Å². The molecule has 0 heterocycles. The van der Waals surface area contributed by atoms with Gasteiger partial charge in [0.1, 0.15) is 0 Å². The Labute approximate surface area is 454 Å². The third kappa shape index (κ3) is 60.0. The number of aliphatic hydroxyl groups excluding tert-OH is 2. The van der Waals surface area contributed by atoms with Gasteiger partial charge < -0.3 is 15.5 Å². The van der Waals surface area contributed by atoms with E-state index in [9.17, 15) is 15.0 Å². The van der Waals surface area contributed by atoms with Crippen molar-refractivity contribution in [1.29, 1.82) is 0 Å². The number of allylic oxidation sites excluding steroid dienone is 1. The van der Waals surface area contributed by atoms with Crippen molar-refractivity contribution in [2.24, 2.45) is 0 Å². The zero-order valence-electron chi connectivity index (χ0n) is 49.7. The normalized spacial score (nSPS) is 12.7. The second-order valence-electron chi connectivity index (χ2n) is 23.6. The van der Waals surface area contributed by atoms with E-state index in [2.05, 4.69) is 19.2 Å². The zero-order chi connectivity index (χ0) is 52.0. The van der Waals surface area contributed by atoms with Crippen molar-refractivity contribution in [3.8, 4) is 0 Å². The Hall–Kier alpha value is -0.870. The first-order valence-electron chi connectivity index (χ1n) is 33.9. The second kappa shape index (κ2) is 64.4. The molecule has 0 saturated heterocycles. The average molecular weight is 1010 g/mol. The summed E-state index contributed by atoms with van der Waals surface area (Å²) in [6, 6.07) is -0.619. The molecule has 4 heteroatoms. The van der Waals surface area contributed by atoms with Gasteiger partial charge in [0.05, 0.1) is 18.8 Å². The summed E-state index contributed by atoms with van der Waals surface area (Å²) < 4.78 is 0. The molecule has 0 rings (SSSR count). The molecule has 3 N–H and O–H groups in total. The number of carbonyl (C=O) groups excluding carboxylic acids is 1. The summed E-state index contributed by atoms with van der Waals surface area (Å²) in [5.41, 5.74) is 0. The maximum atomic E-state index is 12.5. The van der Waals surface area contributed by atoms with Crippen molar-refractivity contribution in [3.05, 3.63) is 12.2 Å². The van der Waals surface area contributed by atoms with E-state index in [0.717, 1.165) is 25.7 Å². The van der Waals surface area contributed by atoms with Crippen molar-refractivity contribution in [2.75, 3.05) is 6.61 Å². The molecule has 0 aromatic heterocycles. The van der Waals surface area contributed by atoms with E-state index >= 15 is 0 Å². The number of aliphatic hydroxyl groups is 2. The van der Waals surface area contributed by atoms with Crippen molar-refractivity contribution in [1.82, 2.24) is 5.32 Å². The SMILES string of the molecule is CCCCCCCCCCCCCCCCCCC/C=C/C(O)C(CO)NC(=O)CCCCCCCCCCCCCCCCCCCCCCCCCCCCCCCCCCCCCCCCCCC. The van der Waals surface area contributed by atoms with Crippen LogP contribution >= 0.6 is 0 Å². The molecule has 0 radical (unpaired) electrons. The molecule has 0 fully saturated rings. The molecule has 0 spiro atoms. The van der Waals surface area contributed by atoms with Crippen molar-refractivity contribution in [3.63, 3.8) is 0 Å². The van der Waals surface area contributed by atoms with Gasteiger partial charge in [-0.2, -0.15) is 0 Å². The fourth-order valence-corrected chi connectivity index (χ4v) is 11.1. The minimum atomic E-state index is -0.836. The van der Waals surface area contributed by atoms with E-state index in [1.54, 1.807) is 6.08 Å². The molecule has 2 atom stereocenters. The van der Waals surface area contributed by atoms with Crippen LogP contribution in [-0.4, -0.2) is 34.9 Å². The fourth-order valence-electron chi connectivity index (χ4n) is 11.1. The van der Waals surface area contributed by atoms with Gasteiger partial charge in [0, 0.05) is 6.42 Å². The quantitative estimate of drug-likeness (QED) is 0.0420. The summed E-state index contributed by atoms with van der Waals surface area (Å²) in [6.45, 7) is 4.36. The third-order valence-corrected chi connectivity index (χ3v) is 16.3. The molecule has 1 amide bonds. The number of carbonyl (C=O) groups is 1. The topological polar surface area (TPSA) is 69.6 Å². The van der Waals surface area contributed by atoms with E-state index in [-0.39, 0.29) is 12.5 Å². The van der Waals surface area contributed by atoms with Crippen LogP contribution in [0.4, 0.5) is 0 Å². The van der Waals surface area contributed by atoms with E-state index in [4.69, 9.17) is 0 Å². The van der Waals surface area contributed by atoms with Crippen molar-refractivity contribution >= 4 is 5.91 Å². The molecule has 0 saturated carbocycles. The molecule has 0 aliphatic heterocycles. The maximum absolute atomic E-state index is 12.5. The van der Waals surface area contributed by atoms with Crippen LogP contribution < -0.4 is 5.32 Å². The first-order valence-corrected chi connectivity index (χ1v) is 33.9. The number of unbranched alkanes of at least 4 members (excludes halogenated alkanes) is 57. The third-order valence-electron chi connectivity index (χ3n) is 16.3. The summed E-state index contributed by atoms with van der Waals surface area (Å²) in [5, 5.41) is 23.2. The number of hydrogen-bond acceptors (Lipinski definition) is 3. The number of rotatable bonds is 64. The van der Waals surface area contributed by atoms with Gasteiger partial charge >= 0.3 is 0 Å². The summed E-state index contributed by atoms with van der Waals surface area (Å²) in [6.07, 6.45) is 85.9. The molecular formula is C68H135NO3. The van der Waals surface area contributed by atoms with Crippen LogP contribution in [0.2, 0.25) is 0 Å². The summed E-state index contributed by atoms with van der Waals surface area (Å²) >= 11 is 0. The van der Waals surface area contributed by atoms with Gasteiger partial charge in [-0.15, -0.1) is 0 Å². The highest BCUT2D eigenvalue weighted by atomic mass is 16.3. The Balaban J connectivity index is 3.34. The standard InChI is InChI=1S/C68H135NO3/c1-3-5-7-9-11-13-15-17-19-21-23-24-25-26-27-28-29-30-31-32-33-34-35-36-37-38-39-40-41-42-43-44-46-48-50-52-54-56-58-60-62-64-68(72)69-66(65-70)67(71)63-61-59-57-55-53-51-49-47-45-22-20-18-16-14-12-10-8-6-4-2/h61,63,66-67,70-71H,3-60,62,64-65H2,1-2H3,(H,69,72)/b63-61+. The molecule has 0 aromatic rings. The Morgan fingerprint density at radius 2 is 0.514 bits per heavy atom. The van der Waals surface area contributed by atoms with Gasteiger partial charge in [-0.1, -0.05) is 386 Å². The lowest BCUT2D eigenvalue weighted by Crippen LogP contribution is -2.45. The molecule has 0 aromatic carbocycles. The minimum Gasteiger partial charge on any atom is -0.394 e. The molecule has 0 bridgehead atoms. The van der Waals surface area contributed by atoms with Crippen LogP contribution in [0.25, 0.3) is 0 Å². The highest BCUT2D eigenvalue weighted by molar-refractivity contribution is 5.76. The summed E-state index contributed by atoms with van der Waals surface area (Å²) in [5.74, 6) is -0.0542. The molecule has 430 valence electrons. The lowest BCUT2D eigenvalue weighted by molar-refractivity contribution is -0.123. The average Bonchev–Trinajstić information content (AvgIpc) is 3.39. The first-order chi connectivity index (χ1) is 35.7. The minimum absolute atomic E-state index is 0.0542. The van der Waals surface area contributed by atoms with Crippen LogP contribution in [0.1, 0.15) is 399 Å². The van der Waals surface area contributed by atoms with E-state index < -0.39 is 12.1 Å². The molecule has 4 nitrogen and oxygen atoms in total. The number of amides is 1. The molecule has 0 aliphatic carbocycles. The number of nitrogens with one attached hydrogen (secondary N) is 1. The maximum Gasteiger partial charge on any atom is 0.220 e. The smallest absolute Gasteiger partial charge is 0.220 e. The lowest BCUT2D eigenvalue weighted by atomic mass is 10.0. The highest BCUT2D eigenvalue weighted by Gasteiger charge is 2.18. The van der Waals surface area contributed by atoms with Crippen LogP contribution in [0.15, 0.2) is 12.2 Å². The Morgan fingerprint density at radius 1 is 0.319 bits per heavy atom. The molecule has 2 unspecified atom stereocenters. The van der Waals surface area contributed by atoms with Crippen molar-refractivity contribution in [2.45, 2.75) is 411 Å². The van der Waals surface area contributed by atoms with Gasteiger partial charge in [-0.05, 0) is 19.3 Å². The summed E-state index contributed by atoms with van der Waals surface area (Å²) in [4.78, 5) is 12.5. The fraction of sp³-hybridized carbons (Fsp3) is 0.956. The second-order valence-corrected chi connectivity index (χ2v) is 23.6. The predicted molar refractivity (Wildman–Crippen MR) is 323 cm³/mol. The zero-order valence-corrected chi connectivity index (χ0v) is 49.7. The van der Waals surface area contributed by atoms with Gasteiger partial charge in [-0.25, -0.2) is 0 Å². The predicted octanol–water partition coefficient (Wildman–Crippen LogP) is 22.8. The van der Waals surface area contributed by atoms with Gasteiger partial charge in [0.2, 0.25) is 5.91 Å². The van der Waals surface area contributed by atoms with Gasteiger partial charge in [0.25, 0.3) is 0 Å². The Kier molecular flexibility index (Phi) is 63.6. The Bertz CT molecular complexity index is 1010. The van der Waals surface area contributed by atoms with E-state index in [1.165, 1.54) is 353 Å². The first kappa shape index (κ1) is 71.1. The van der Waals surface area contributed by atoms with Gasteiger partial charge in [-0.3, -0.25) is 4.79 Å². The van der Waals surface area contributed by atoms with E-state index in [1.807, 2.05) is 6.08 Å². The van der Waals surface area contributed by atoms with Crippen LogP contribution in [0.5, 0.6) is 0 Å². The molecule has 0 aliphatic rings. The lowest BCUT2D eigenvalue weighted by Gasteiger charge is -2.20. The molecular weight excluding hydrogens is 879 g/mol.